The smallest absolute Gasteiger partial charge is 0.327 e. The molecule has 0 atom stereocenters. The zero-order chi connectivity index (χ0) is 11.1. The summed E-state index contributed by atoms with van der Waals surface area (Å²) in [4.78, 5) is 11.3. The molecule has 0 saturated carbocycles. The number of carbonyl (C=O) groups is 1. The van der Waals surface area contributed by atoms with Crippen molar-refractivity contribution >= 4 is 23.4 Å². The van der Waals surface area contributed by atoms with Gasteiger partial charge in [-0.2, -0.15) is 16.9 Å². The third kappa shape index (κ3) is 4.73. The summed E-state index contributed by atoms with van der Waals surface area (Å²) in [7, 11) is 0. The minimum absolute atomic E-state index is 0.121. The fraction of sp³-hybridized carbons (Fsp3) is 0.556. The van der Waals surface area contributed by atoms with Crippen molar-refractivity contribution in [2.24, 2.45) is 0 Å². The SMILES string of the molecule is CSCCCOC(=O)Cn1cc(N)cn1. The van der Waals surface area contributed by atoms with Crippen LogP contribution in [0.3, 0.4) is 0 Å². The van der Waals surface area contributed by atoms with E-state index in [-0.39, 0.29) is 12.5 Å². The van der Waals surface area contributed by atoms with Crippen molar-refractivity contribution < 1.29 is 9.53 Å². The van der Waals surface area contributed by atoms with Crippen LogP contribution in [0.1, 0.15) is 6.42 Å². The number of ether oxygens (including phenoxy) is 1. The topological polar surface area (TPSA) is 70.1 Å². The molecule has 0 bridgehead atoms. The van der Waals surface area contributed by atoms with Gasteiger partial charge in [0, 0.05) is 6.20 Å². The van der Waals surface area contributed by atoms with E-state index in [2.05, 4.69) is 5.10 Å². The first-order valence-corrected chi connectivity index (χ1v) is 6.04. The number of aromatic nitrogens is 2. The summed E-state index contributed by atoms with van der Waals surface area (Å²) < 4.78 is 6.47. The Hall–Kier alpha value is -1.17. The average Bonchev–Trinajstić information content (AvgIpc) is 2.59. The van der Waals surface area contributed by atoms with Crippen LogP contribution >= 0.6 is 11.8 Å². The van der Waals surface area contributed by atoms with Crippen molar-refractivity contribution in [2.45, 2.75) is 13.0 Å². The van der Waals surface area contributed by atoms with Gasteiger partial charge in [0.05, 0.1) is 18.5 Å². The normalized spacial score (nSPS) is 10.2. The van der Waals surface area contributed by atoms with Crippen molar-refractivity contribution in [1.29, 1.82) is 0 Å². The van der Waals surface area contributed by atoms with Crippen LogP contribution < -0.4 is 5.73 Å². The number of hydrogen-bond donors (Lipinski definition) is 1. The molecule has 1 rings (SSSR count). The van der Waals surface area contributed by atoms with E-state index in [0.717, 1.165) is 12.2 Å². The molecular weight excluding hydrogens is 214 g/mol. The Balaban J connectivity index is 2.18. The molecule has 1 aromatic heterocycles. The predicted molar refractivity (Wildman–Crippen MR) is 60.6 cm³/mol. The van der Waals surface area contributed by atoms with E-state index in [9.17, 15) is 4.79 Å². The average molecular weight is 229 g/mol. The Morgan fingerprint density at radius 3 is 3.13 bits per heavy atom. The molecule has 0 spiro atoms. The minimum Gasteiger partial charge on any atom is -0.464 e. The summed E-state index contributed by atoms with van der Waals surface area (Å²) in [6, 6.07) is 0. The van der Waals surface area contributed by atoms with Crippen LogP contribution in [0.25, 0.3) is 0 Å². The third-order valence-electron chi connectivity index (χ3n) is 1.70. The molecule has 0 aliphatic heterocycles. The van der Waals surface area contributed by atoms with E-state index in [0.29, 0.717) is 12.3 Å². The maximum Gasteiger partial charge on any atom is 0.327 e. The Kier molecular flexibility index (Phi) is 5.03. The molecule has 0 radical (unpaired) electrons. The molecule has 0 aliphatic rings. The molecule has 0 aromatic carbocycles. The molecular formula is C9H15N3O2S. The standard InChI is InChI=1S/C9H15N3O2S/c1-15-4-2-3-14-9(13)7-12-6-8(10)5-11-12/h5-6H,2-4,7,10H2,1H3. The molecule has 0 amide bonds. The summed E-state index contributed by atoms with van der Waals surface area (Å²) >= 11 is 1.74. The number of carbonyl (C=O) groups excluding carboxylic acids is 1. The molecule has 15 heavy (non-hydrogen) atoms. The summed E-state index contributed by atoms with van der Waals surface area (Å²) in [6.45, 7) is 0.590. The molecule has 1 heterocycles. The van der Waals surface area contributed by atoms with E-state index >= 15 is 0 Å². The van der Waals surface area contributed by atoms with Crippen LogP contribution in [0.2, 0.25) is 0 Å². The maximum absolute atomic E-state index is 11.3. The number of hydrogen-bond acceptors (Lipinski definition) is 5. The lowest BCUT2D eigenvalue weighted by atomic mass is 10.5. The van der Waals surface area contributed by atoms with Gasteiger partial charge in [-0.1, -0.05) is 0 Å². The van der Waals surface area contributed by atoms with E-state index in [1.54, 1.807) is 18.0 Å². The van der Waals surface area contributed by atoms with Crippen LogP contribution in [0, 0.1) is 0 Å². The second kappa shape index (κ2) is 6.34. The van der Waals surface area contributed by atoms with Crippen LogP contribution in [-0.2, 0) is 16.1 Å². The van der Waals surface area contributed by atoms with Gasteiger partial charge < -0.3 is 10.5 Å². The highest BCUT2D eigenvalue weighted by atomic mass is 32.2. The number of anilines is 1. The van der Waals surface area contributed by atoms with Crippen LogP contribution in [0.5, 0.6) is 0 Å². The van der Waals surface area contributed by atoms with E-state index in [4.69, 9.17) is 10.5 Å². The Morgan fingerprint density at radius 2 is 2.53 bits per heavy atom. The first kappa shape index (κ1) is 11.9. The number of nitrogen functional groups attached to an aromatic ring is 1. The zero-order valence-electron chi connectivity index (χ0n) is 8.68. The van der Waals surface area contributed by atoms with Crippen molar-refractivity contribution in [2.75, 3.05) is 24.3 Å². The Bertz CT molecular complexity index is 314. The van der Waals surface area contributed by atoms with Crippen molar-refractivity contribution in [1.82, 2.24) is 9.78 Å². The van der Waals surface area contributed by atoms with Gasteiger partial charge in [0.15, 0.2) is 0 Å². The van der Waals surface area contributed by atoms with Crippen molar-refractivity contribution in [3.8, 4) is 0 Å². The summed E-state index contributed by atoms with van der Waals surface area (Å²) in [5, 5.41) is 3.89. The molecule has 5 nitrogen and oxygen atoms in total. The molecule has 2 N–H and O–H groups in total. The van der Waals surface area contributed by atoms with Gasteiger partial charge in [-0.25, -0.2) is 0 Å². The molecule has 0 fully saturated rings. The summed E-state index contributed by atoms with van der Waals surface area (Å²) in [5.74, 6) is 0.723. The van der Waals surface area contributed by atoms with Gasteiger partial charge in [-0.15, -0.1) is 0 Å². The highest BCUT2D eigenvalue weighted by Crippen LogP contribution is 1.99. The fourth-order valence-electron chi connectivity index (χ4n) is 1.03. The predicted octanol–water partition coefficient (Wildman–Crippen LogP) is 0.762. The Morgan fingerprint density at radius 1 is 1.73 bits per heavy atom. The van der Waals surface area contributed by atoms with Gasteiger partial charge in [0.1, 0.15) is 6.54 Å². The number of rotatable bonds is 6. The van der Waals surface area contributed by atoms with Crippen LogP contribution in [0.15, 0.2) is 12.4 Å². The van der Waals surface area contributed by atoms with E-state index in [1.807, 2.05) is 6.26 Å². The maximum atomic E-state index is 11.3. The van der Waals surface area contributed by atoms with E-state index < -0.39 is 0 Å². The number of esters is 1. The molecule has 0 saturated heterocycles. The lowest BCUT2D eigenvalue weighted by Gasteiger charge is -2.03. The zero-order valence-corrected chi connectivity index (χ0v) is 9.50. The quantitative estimate of drug-likeness (QED) is 0.576. The van der Waals surface area contributed by atoms with Gasteiger partial charge in [0.25, 0.3) is 0 Å². The third-order valence-corrected chi connectivity index (χ3v) is 2.40. The van der Waals surface area contributed by atoms with E-state index in [1.165, 1.54) is 10.9 Å². The molecule has 0 aliphatic carbocycles. The monoisotopic (exact) mass is 229 g/mol. The van der Waals surface area contributed by atoms with Gasteiger partial charge >= 0.3 is 5.97 Å². The van der Waals surface area contributed by atoms with Gasteiger partial charge in [-0.3, -0.25) is 9.48 Å². The molecule has 0 unspecified atom stereocenters. The second-order valence-corrected chi connectivity index (χ2v) is 4.02. The van der Waals surface area contributed by atoms with Crippen molar-refractivity contribution in [3.63, 3.8) is 0 Å². The molecule has 1 aromatic rings. The van der Waals surface area contributed by atoms with Crippen molar-refractivity contribution in [3.05, 3.63) is 12.4 Å². The fourth-order valence-corrected chi connectivity index (χ4v) is 1.44. The molecule has 84 valence electrons. The van der Waals surface area contributed by atoms with Gasteiger partial charge in [0.2, 0.25) is 0 Å². The van der Waals surface area contributed by atoms with Gasteiger partial charge in [-0.05, 0) is 18.4 Å². The number of thioether (sulfide) groups is 1. The summed E-state index contributed by atoms with van der Waals surface area (Å²) in [5.41, 5.74) is 6.00. The summed E-state index contributed by atoms with van der Waals surface area (Å²) in [6.07, 6.45) is 6.01. The largest absolute Gasteiger partial charge is 0.464 e. The van der Waals surface area contributed by atoms with Crippen LogP contribution in [0.4, 0.5) is 5.69 Å². The number of nitrogens with two attached hydrogens (primary N) is 1. The second-order valence-electron chi connectivity index (χ2n) is 3.04. The van der Waals surface area contributed by atoms with Crippen LogP contribution in [-0.4, -0.2) is 34.4 Å². The Labute approximate surface area is 93.0 Å². The lowest BCUT2D eigenvalue weighted by molar-refractivity contribution is -0.144. The number of nitrogens with zero attached hydrogens (tertiary/aromatic N) is 2. The highest BCUT2D eigenvalue weighted by molar-refractivity contribution is 7.98. The first-order chi connectivity index (χ1) is 7.22. The minimum atomic E-state index is -0.279. The first-order valence-electron chi connectivity index (χ1n) is 4.65. The highest BCUT2D eigenvalue weighted by Gasteiger charge is 2.04. The lowest BCUT2D eigenvalue weighted by Crippen LogP contribution is -2.14. The molecule has 6 heteroatoms.